The quantitative estimate of drug-likeness (QED) is 0.313. The van der Waals surface area contributed by atoms with Gasteiger partial charge in [-0.1, -0.05) is 12.1 Å². The Bertz CT molecular complexity index is 1650. The molecule has 208 valence electrons. The molecule has 0 aliphatic carbocycles. The maximum atomic E-state index is 13.3. The van der Waals surface area contributed by atoms with E-state index in [0.717, 1.165) is 9.13 Å². The molecule has 0 N–H and O–H groups in total. The minimum atomic E-state index is -0.647. The molecule has 0 bridgehead atoms. The van der Waals surface area contributed by atoms with Gasteiger partial charge in [0.15, 0.2) is 23.0 Å². The summed E-state index contributed by atoms with van der Waals surface area (Å²) in [6.07, 6.45) is 2.84. The maximum Gasteiger partial charge on any atom is 0.308 e. The number of carbonyl (C=O) groups excluding carboxylic acids is 4. The largest absolute Gasteiger partial charge is 0.423 e. The first-order chi connectivity index (χ1) is 18.8. The number of hydrogen-bond donors (Lipinski definition) is 0. The second-order valence-electron chi connectivity index (χ2n) is 8.57. The van der Waals surface area contributed by atoms with Crippen LogP contribution in [0.2, 0.25) is 0 Å². The van der Waals surface area contributed by atoms with Crippen molar-refractivity contribution in [1.82, 2.24) is 9.13 Å². The number of carbonyl (C=O) groups is 4. The van der Waals surface area contributed by atoms with Gasteiger partial charge in [0.05, 0.1) is 0 Å². The molecule has 3 aromatic rings. The molecule has 1 heterocycles. The molecule has 12 nitrogen and oxygen atoms in total. The molecule has 0 radical (unpaired) electrons. The lowest BCUT2D eigenvalue weighted by molar-refractivity contribution is -0.134. The molecule has 0 spiro atoms. The average molecular weight is 551 g/mol. The van der Waals surface area contributed by atoms with Crippen LogP contribution in [0, 0.1) is 0 Å². The van der Waals surface area contributed by atoms with Crippen LogP contribution in [-0.4, -0.2) is 33.0 Å². The highest BCUT2D eigenvalue weighted by atomic mass is 16.6. The van der Waals surface area contributed by atoms with E-state index in [1.807, 2.05) is 0 Å². The van der Waals surface area contributed by atoms with E-state index in [2.05, 4.69) is 0 Å². The first-order valence-corrected chi connectivity index (χ1v) is 11.8. The zero-order chi connectivity index (χ0) is 29.7. The fraction of sp³-hybridized carbons (Fsp3) is 0.214. The van der Waals surface area contributed by atoms with Crippen LogP contribution in [0.4, 0.5) is 0 Å². The number of aromatic nitrogens is 2. The summed E-state index contributed by atoms with van der Waals surface area (Å²) >= 11 is 0. The van der Waals surface area contributed by atoms with Gasteiger partial charge >= 0.3 is 23.9 Å². The van der Waals surface area contributed by atoms with Crippen LogP contribution >= 0.6 is 0 Å². The lowest BCUT2D eigenvalue weighted by atomic mass is 10.1. The van der Waals surface area contributed by atoms with Gasteiger partial charge in [-0.15, -0.1) is 0 Å². The van der Waals surface area contributed by atoms with E-state index in [9.17, 15) is 28.8 Å². The summed E-state index contributed by atoms with van der Waals surface area (Å²) in [5.74, 6) is -2.58. The highest BCUT2D eigenvalue weighted by molar-refractivity contribution is 5.75. The van der Waals surface area contributed by atoms with Crippen molar-refractivity contribution in [2.45, 2.75) is 27.7 Å². The number of ether oxygens (including phenoxy) is 4. The molecule has 0 saturated heterocycles. The molecule has 2 aromatic carbocycles. The standard InChI is InChI=1S/C28H26N2O10/c1-15(31)37-23-9-7-19(13-25(23)39-17(3)33)11-21-27(35)30(6)22(28(36)29(21)5)12-20-8-10-24(38-16(2)32)26(14-20)40-18(4)34/h7-14H,1-6H3/b21-11+,22-12+. The van der Waals surface area contributed by atoms with Crippen molar-refractivity contribution in [3.8, 4) is 23.0 Å². The third-order valence-corrected chi connectivity index (χ3v) is 5.33. The van der Waals surface area contributed by atoms with Gasteiger partial charge in [0.25, 0.3) is 11.1 Å². The predicted molar refractivity (Wildman–Crippen MR) is 141 cm³/mol. The molecule has 0 fully saturated rings. The zero-order valence-electron chi connectivity index (χ0n) is 22.6. The molecule has 0 unspecified atom stereocenters. The second kappa shape index (κ2) is 12.1. The average Bonchev–Trinajstić information content (AvgIpc) is 2.85. The van der Waals surface area contributed by atoms with Crippen LogP contribution in [0.3, 0.4) is 0 Å². The molecule has 12 heteroatoms. The number of nitrogens with zero attached hydrogens (tertiary/aromatic N) is 2. The molecule has 3 rings (SSSR count). The van der Waals surface area contributed by atoms with E-state index >= 15 is 0 Å². The van der Waals surface area contributed by atoms with Crippen molar-refractivity contribution in [2.24, 2.45) is 14.1 Å². The summed E-state index contributed by atoms with van der Waals surface area (Å²) in [5.41, 5.74) is -0.266. The van der Waals surface area contributed by atoms with Gasteiger partial charge < -0.3 is 28.1 Å². The number of esters is 4. The highest BCUT2D eigenvalue weighted by Gasteiger charge is 2.13. The van der Waals surface area contributed by atoms with E-state index in [4.69, 9.17) is 18.9 Å². The normalized spacial score (nSPS) is 11.7. The fourth-order valence-corrected chi connectivity index (χ4v) is 3.66. The smallest absolute Gasteiger partial charge is 0.308 e. The number of rotatable bonds is 6. The van der Waals surface area contributed by atoms with Gasteiger partial charge in [-0.3, -0.25) is 28.8 Å². The van der Waals surface area contributed by atoms with Crippen molar-refractivity contribution in [2.75, 3.05) is 0 Å². The van der Waals surface area contributed by atoms with E-state index in [0.29, 0.717) is 11.1 Å². The first kappa shape index (κ1) is 29.3. The van der Waals surface area contributed by atoms with Crippen molar-refractivity contribution >= 4 is 36.0 Å². The topological polar surface area (TPSA) is 149 Å². The molecule has 1 aromatic heterocycles. The predicted octanol–water partition coefficient (Wildman–Crippen LogP) is 0.443. The van der Waals surface area contributed by atoms with Crippen LogP contribution in [0.5, 0.6) is 23.0 Å². The van der Waals surface area contributed by atoms with Gasteiger partial charge in [0.1, 0.15) is 10.7 Å². The summed E-state index contributed by atoms with van der Waals surface area (Å²) in [6.45, 7) is 4.76. The van der Waals surface area contributed by atoms with Crippen molar-refractivity contribution in [1.29, 1.82) is 0 Å². The maximum absolute atomic E-state index is 13.3. The fourth-order valence-electron chi connectivity index (χ4n) is 3.66. The van der Waals surface area contributed by atoms with Crippen molar-refractivity contribution in [3.05, 3.63) is 78.9 Å². The van der Waals surface area contributed by atoms with Gasteiger partial charge in [-0.25, -0.2) is 0 Å². The van der Waals surface area contributed by atoms with Crippen LogP contribution in [-0.2, 0) is 33.3 Å². The summed E-state index contributed by atoms with van der Waals surface area (Å²) in [4.78, 5) is 72.4. The van der Waals surface area contributed by atoms with E-state index in [1.54, 1.807) is 0 Å². The van der Waals surface area contributed by atoms with Crippen LogP contribution in [0.25, 0.3) is 12.2 Å². The van der Waals surface area contributed by atoms with E-state index in [-0.39, 0.29) is 33.7 Å². The van der Waals surface area contributed by atoms with Gasteiger partial charge in [0, 0.05) is 41.8 Å². The summed E-state index contributed by atoms with van der Waals surface area (Å²) in [7, 11) is 2.84. The van der Waals surface area contributed by atoms with E-state index in [1.165, 1.54) is 90.3 Å². The van der Waals surface area contributed by atoms with Crippen LogP contribution in [0.15, 0.2) is 46.0 Å². The number of hydrogen-bond acceptors (Lipinski definition) is 10. The van der Waals surface area contributed by atoms with Gasteiger partial charge in [-0.2, -0.15) is 0 Å². The Balaban J connectivity index is 2.18. The monoisotopic (exact) mass is 550 g/mol. The lowest BCUT2D eigenvalue weighted by Crippen LogP contribution is -2.56. The Morgan fingerprint density at radius 1 is 0.550 bits per heavy atom. The minimum absolute atomic E-state index is 0.0134. The van der Waals surface area contributed by atoms with Crippen LogP contribution < -0.4 is 40.8 Å². The Morgan fingerprint density at radius 3 is 1.15 bits per heavy atom. The highest BCUT2D eigenvalue weighted by Crippen LogP contribution is 2.30. The Labute approximate surface area is 227 Å². The SMILES string of the molecule is CC(=O)Oc1ccc(/C=c2\c(=O)n(C)/c(=C/c3ccc(OC(C)=O)c(OC(C)=O)c3)c(=O)n2C)cc1OC(C)=O. The lowest BCUT2D eigenvalue weighted by Gasteiger charge is -2.10. The third-order valence-electron chi connectivity index (χ3n) is 5.33. The molecule has 0 atom stereocenters. The van der Waals surface area contributed by atoms with E-state index < -0.39 is 35.0 Å². The Hall–Kier alpha value is -5.26. The second-order valence-corrected chi connectivity index (χ2v) is 8.57. The zero-order valence-corrected chi connectivity index (χ0v) is 22.6. The van der Waals surface area contributed by atoms with Gasteiger partial charge in [0.2, 0.25) is 0 Å². The van der Waals surface area contributed by atoms with Crippen molar-refractivity contribution < 1.29 is 38.1 Å². The minimum Gasteiger partial charge on any atom is -0.423 e. The third kappa shape index (κ3) is 6.98. The summed E-state index contributed by atoms with van der Waals surface area (Å²) in [5, 5.41) is 0.0361. The Morgan fingerprint density at radius 2 is 0.850 bits per heavy atom. The molecule has 0 saturated carbocycles. The van der Waals surface area contributed by atoms with Gasteiger partial charge in [-0.05, 0) is 47.5 Å². The first-order valence-electron chi connectivity index (χ1n) is 11.8. The molecule has 40 heavy (non-hydrogen) atoms. The van der Waals surface area contributed by atoms with Crippen molar-refractivity contribution in [3.63, 3.8) is 0 Å². The summed E-state index contributed by atoms with van der Waals surface area (Å²) in [6, 6.07) is 8.63. The molecule has 0 aliphatic rings. The molecular weight excluding hydrogens is 524 g/mol. The number of benzene rings is 2. The Kier molecular flexibility index (Phi) is 8.84. The van der Waals surface area contributed by atoms with Crippen LogP contribution in [0.1, 0.15) is 38.8 Å². The summed E-state index contributed by atoms with van der Waals surface area (Å²) < 4.78 is 22.7. The molecule has 0 amide bonds. The molecular formula is C28H26N2O10. The molecule has 0 aliphatic heterocycles.